The first-order chi connectivity index (χ1) is 38.3. The van der Waals surface area contributed by atoms with Gasteiger partial charge in [0.15, 0.2) is 10.8 Å². The molecule has 2 saturated heterocycles. The summed E-state index contributed by atoms with van der Waals surface area (Å²) in [7, 11) is 1.81. The van der Waals surface area contributed by atoms with Crippen molar-refractivity contribution in [1.82, 2.24) is 30.0 Å². The fourth-order valence-electron chi connectivity index (χ4n) is 12.1. The van der Waals surface area contributed by atoms with Crippen LogP contribution in [0.1, 0.15) is 121 Å². The number of pyridine rings is 1. The number of esters is 1. The number of aryl methyl sites for hydroxylation is 1. The first kappa shape index (κ1) is 54.6. The number of para-hydroxylation sites is 1. The molecule has 3 fully saturated rings. The van der Waals surface area contributed by atoms with Crippen molar-refractivity contribution in [2.75, 3.05) is 47.8 Å². The van der Waals surface area contributed by atoms with Crippen molar-refractivity contribution >= 4 is 72.8 Å². The number of nitrogens with one attached hydrogen (secondary N) is 2. The average molecular weight is 1110 g/mol. The number of benzene rings is 4. The number of fused-ring (bicyclic) bond motifs is 3. The van der Waals surface area contributed by atoms with Crippen molar-refractivity contribution < 1.29 is 41.8 Å². The normalized spacial score (nSPS) is 19.7. The van der Waals surface area contributed by atoms with Crippen LogP contribution in [0.25, 0.3) is 32.2 Å². The van der Waals surface area contributed by atoms with Gasteiger partial charge in [-0.05, 0) is 162 Å². The summed E-state index contributed by atoms with van der Waals surface area (Å²) >= 11 is 1.42. The summed E-state index contributed by atoms with van der Waals surface area (Å²) in [5, 5.41) is 11.4. The fraction of sp³-hybridized carbons (Fsp3) is 0.426. The topological polar surface area (TPSA) is 164 Å². The Kier molecular flexibility index (Phi) is 15.2. The molecule has 4 aromatic carbocycles. The van der Waals surface area contributed by atoms with Crippen LogP contribution in [0, 0.1) is 12.8 Å². The zero-order valence-corrected chi connectivity index (χ0v) is 46.5. The van der Waals surface area contributed by atoms with Crippen LogP contribution in [-0.2, 0) is 34.3 Å². The second kappa shape index (κ2) is 22.3. The second-order valence-corrected chi connectivity index (χ2v) is 23.7. The highest BCUT2D eigenvalue weighted by Crippen LogP contribution is 2.40. The van der Waals surface area contributed by atoms with Gasteiger partial charge in [0, 0.05) is 74.9 Å². The van der Waals surface area contributed by atoms with Crippen LogP contribution >= 0.6 is 11.3 Å². The average Bonchev–Trinajstić information content (AvgIpc) is 4.03. The van der Waals surface area contributed by atoms with Crippen molar-refractivity contribution in [2.24, 2.45) is 13.0 Å². The zero-order valence-electron chi connectivity index (χ0n) is 45.7. The van der Waals surface area contributed by atoms with Crippen LogP contribution in [-0.4, -0.2) is 105 Å². The van der Waals surface area contributed by atoms with Crippen molar-refractivity contribution in [1.29, 1.82) is 0 Å². The minimum atomic E-state index is -4.37. The lowest BCUT2D eigenvalue weighted by Gasteiger charge is -2.41. The predicted octanol–water partition coefficient (Wildman–Crippen LogP) is 11.3. The zero-order chi connectivity index (χ0) is 56.0. The van der Waals surface area contributed by atoms with Crippen LogP contribution in [0.3, 0.4) is 0 Å². The Labute approximate surface area is 466 Å². The molecule has 4 aliphatic rings. The Bertz CT molecular complexity index is 3470. The molecule has 1 saturated carbocycles. The molecular weight excluding hydrogens is 1040 g/mol. The molecule has 0 radical (unpaired) electrons. The van der Waals surface area contributed by atoms with E-state index in [2.05, 4.69) is 30.5 Å². The van der Waals surface area contributed by atoms with Gasteiger partial charge in [0.05, 0.1) is 33.4 Å². The van der Waals surface area contributed by atoms with E-state index in [0.717, 1.165) is 61.9 Å². The number of thiazole rings is 1. The van der Waals surface area contributed by atoms with Crippen LogP contribution in [0.2, 0.25) is 0 Å². The molecule has 19 heteroatoms. The number of alkyl halides is 3. The first-order valence-electron chi connectivity index (χ1n) is 27.7. The molecule has 418 valence electrons. The summed E-state index contributed by atoms with van der Waals surface area (Å²) in [5.74, 6) is -0.577. The Balaban J connectivity index is 0.719. The maximum absolute atomic E-state index is 14.8. The number of piperidine rings is 1. The minimum Gasteiger partial charge on any atom is -0.490 e. The molecule has 1 aliphatic carbocycles. The lowest BCUT2D eigenvalue weighted by molar-refractivity contribution is -0.187. The van der Waals surface area contributed by atoms with E-state index in [1.807, 2.05) is 119 Å². The van der Waals surface area contributed by atoms with E-state index in [0.29, 0.717) is 91.8 Å². The third kappa shape index (κ3) is 11.6. The minimum absolute atomic E-state index is 0.0345. The van der Waals surface area contributed by atoms with Gasteiger partial charge in [-0.3, -0.25) is 34.6 Å². The third-order valence-electron chi connectivity index (χ3n) is 16.3. The maximum Gasteiger partial charge on any atom is 0.404 e. The predicted molar refractivity (Wildman–Crippen MR) is 303 cm³/mol. The molecule has 2 atom stereocenters. The molecular formula is C61H66F3N9O6S. The van der Waals surface area contributed by atoms with Crippen LogP contribution in [0.5, 0.6) is 5.75 Å². The number of hydrogen-bond donors (Lipinski definition) is 2. The molecule has 11 rings (SSSR count). The van der Waals surface area contributed by atoms with E-state index in [1.165, 1.54) is 11.3 Å². The third-order valence-corrected chi connectivity index (χ3v) is 17.2. The van der Waals surface area contributed by atoms with E-state index in [9.17, 15) is 32.3 Å². The number of halogens is 3. The number of amides is 3. The van der Waals surface area contributed by atoms with E-state index >= 15 is 0 Å². The molecule has 3 amide bonds. The molecule has 6 heterocycles. The van der Waals surface area contributed by atoms with Gasteiger partial charge in [0.1, 0.15) is 23.2 Å². The Morgan fingerprint density at radius 1 is 0.838 bits per heavy atom. The summed E-state index contributed by atoms with van der Waals surface area (Å²) in [6.45, 7) is 9.86. The Morgan fingerprint density at radius 3 is 2.36 bits per heavy atom. The standard InChI is InChI=1S/C61H66F3N9O6S/c1-36-41(42-23-26-52(66-55(42)58(77)79-60(2,3)4)73-29-28-38-10-8-12-43(46(38)35-73)56(75)68-59-65-47-13-6-7-15-50(47)80-59)11-9-14-49(36)78-40-20-16-37(17-21-40)18-25-51(61(62,63)64)72-32-30-71(31-33-72)39-19-22-44-48(34-39)70(5)69-54(44)45-24-27-53(74)67-57(45)76/h6-15,19,22-23,26,34,37,40,45,51H,16-18,20-21,24-25,27-33,35H2,1-5H3,(H,65,68,75)(H,67,74,76)/t37?,40?,45?,51-/m1/s1. The number of nitrogens with zero attached hydrogens (tertiary/aromatic N) is 7. The number of carbonyl (C=O) groups excluding carboxylic acids is 4. The molecule has 1 unspecified atom stereocenters. The van der Waals surface area contributed by atoms with E-state index in [4.69, 9.17) is 14.5 Å². The summed E-state index contributed by atoms with van der Waals surface area (Å²) < 4.78 is 59.9. The number of imide groups is 1. The molecule has 3 aromatic heterocycles. The van der Waals surface area contributed by atoms with Gasteiger partial charge in [-0.25, -0.2) is 14.8 Å². The number of hydrogen-bond acceptors (Lipinski definition) is 13. The van der Waals surface area contributed by atoms with Crippen molar-refractivity contribution in [3.05, 3.63) is 125 Å². The first-order valence-corrected chi connectivity index (χ1v) is 28.5. The highest BCUT2D eigenvalue weighted by molar-refractivity contribution is 7.22. The van der Waals surface area contributed by atoms with Crippen LogP contribution in [0.15, 0.2) is 91.0 Å². The van der Waals surface area contributed by atoms with Gasteiger partial charge in [0.25, 0.3) is 5.91 Å². The molecule has 7 aromatic rings. The molecule has 3 aliphatic heterocycles. The van der Waals surface area contributed by atoms with E-state index in [-0.39, 0.29) is 61.4 Å². The number of carbonyl (C=O) groups is 4. The van der Waals surface area contributed by atoms with Gasteiger partial charge in [0.2, 0.25) is 11.8 Å². The SMILES string of the molecule is Cc1c(OC2CCC(CC[C@@H](N3CCN(c4ccc5c(C6CCC(=O)NC6=O)nn(C)c5c4)CC3)C(F)(F)F)CC2)cccc1-c1ccc(N2CCc3cccc(C(=O)Nc4nc5ccccc5s4)c3C2)nc1C(=O)OC(C)(C)C. The monoisotopic (exact) mass is 1110 g/mol. The second-order valence-electron chi connectivity index (χ2n) is 22.7. The Hall–Kier alpha value is -7.38. The molecule has 0 bridgehead atoms. The summed E-state index contributed by atoms with van der Waals surface area (Å²) in [5.41, 5.74) is 7.22. The van der Waals surface area contributed by atoms with E-state index < -0.39 is 29.7 Å². The lowest BCUT2D eigenvalue weighted by atomic mass is 9.83. The van der Waals surface area contributed by atoms with Crippen molar-refractivity contribution in [3.63, 3.8) is 0 Å². The van der Waals surface area contributed by atoms with Gasteiger partial charge in [-0.15, -0.1) is 0 Å². The van der Waals surface area contributed by atoms with Crippen LogP contribution in [0.4, 0.5) is 29.8 Å². The number of rotatable bonds is 13. The van der Waals surface area contributed by atoms with Gasteiger partial charge < -0.3 is 19.3 Å². The lowest BCUT2D eigenvalue weighted by Crippen LogP contribution is -2.55. The maximum atomic E-state index is 14.8. The largest absolute Gasteiger partial charge is 0.490 e. The number of piperazine rings is 1. The molecule has 0 spiro atoms. The highest BCUT2D eigenvalue weighted by atomic mass is 32.1. The summed E-state index contributed by atoms with van der Waals surface area (Å²) in [6, 6.07) is 27.4. The van der Waals surface area contributed by atoms with Gasteiger partial charge in [-0.1, -0.05) is 47.7 Å². The highest BCUT2D eigenvalue weighted by Gasteiger charge is 2.44. The number of aromatic nitrogens is 4. The Morgan fingerprint density at radius 2 is 1.61 bits per heavy atom. The number of anilines is 3. The number of ether oxygens (including phenoxy) is 2. The quantitative estimate of drug-likeness (QED) is 0.0831. The van der Waals surface area contributed by atoms with Gasteiger partial charge >= 0.3 is 12.1 Å². The van der Waals surface area contributed by atoms with Crippen molar-refractivity contribution in [3.8, 4) is 16.9 Å². The molecule has 80 heavy (non-hydrogen) atoms. The van der Waals surface area contributed by atoms with E-state index in [1.54, 1.807) is 16.6 Å². The molecule has 2 N–H and O–H groups in total. The van der Waals surface area contributed by atoms with Crippen LogP contribution < -0.4 is 25.2 Å². The fourth-order valence-corrected chi connectivity index (χ4v) is 12.9. The summed E-state index contributed by atoms with van der Waals surface area (Å²) in [6.07, 6.45) is 0.266. The summed E-state index contributed by atoms with van der Waals surface area (Å²) in [4.78, 5) is 67.8. The van der Waals surface area contributed by atoms with Crippen molar-refractivity contribution in [2.45, 2.75) is 122 Å². The smallest absolute Gasteiger partial charge is 0.404 e. The van der Waals surface area contributed by atoms with Gasteiger partial charge in [-0.2, -0.15) is 18.3 Å². The molecule has 15 nitrogen and oxygen atoms in total.